The molecule has 1 aromatic carbocycles. The van der Waals surface area contributed by atoms with Crippen LogP contribution in [-0.4, -0.2) is 24.4 Å². The predicted octanol–water partition coefficient (Wildman–Crippen LogP) is 3.17. The Morgan fingerprint density at radius 3 is 2.70 bits per heavy atom. The van der Waals surface area contributed by atoms with Gasteiger partial charge in [0.15, 0.2) is 0 Å². The summed E-state index contributed by atoms with van der Waals surface area (Å²) in [6.45, 7) is 4.56. The van der Waals surface area contributed by atoms with Crippen LogP contribution >= 0.6 is 11.3 Å². The van der Waals surface area contributed by atoms with Crippen LogP contribution in [-0.2, 0) is 11.3 Å². The van der Waals surface area contributed by atoms with E-state index < -0.39 is 0 Å². The maximum absolute atomic E-state index is 5.33. The van der Waals surface area contributed by atoms with Crippen molar-refractivity contribution in [1.82, 2.24) is 10.2 Å². The summed E-state index contributed by atoms with van der Waals surface area (Å²) in [6, 6.07) is 6.24. The van der Waals surface area contributed by atoms with Gasteiger partial charge < -0.3 is 14.8 Å². The molecule has 6 heteroatoms. The number of nitrogens with zero attached hydrogens (tertiary/aromatic N) is 2. The summed E-state index contributed by atoms with van der Waals surface area (Å²) in [5.41, 5.74) is 2.19. The van der Waals surface area contributed by atoms with Crippen LogP contribution in [0.1, 0.15) is 29.1 Å². The number of nitrogens with one attached hydrogen (secondary N) is 1. The van der Waals surface area contributed by atoms with Crippen molar-refractivity contribution in [1.29, 1.82) is 0 Å². The van der Waals surface area contributed by atoms with Crippen molar-refractivity contribution >= 4 is 16.5 Å². The van der Waals surface area contributed by atoms with E-state index in [9.17, 15) is 0 Å². The number of rotatable bonds is 6. The standard InChI is InChI=1S/C14H19N3O2S/c1-9(15-14-17-16-10(2)20-14)11-5-6-13(19-4)12(7-11)8-18-3/h5-7,9H,8H2,1-4H3,(H,15,17). The normalized spacial score (nSPS) is 12.2. The molecule has 0 aliphatic heterocycles. The van der Waals surface area contributed by atoms with Crippen LogP contribution in [0.2, 0.25) is 0 Å². The van der Waals surface area contributed by atoms with Crippen molar-refractivity contribution in [2.24, 2.45) is 0 Å². The van der Waals surface area contributed by atoms with Gasteiger partial charge in [-0.1, -0.05) is 17.4 Å². The van der Waals surface area contributed by atoms with Crippen molar-refractivity contribution < 1.29 is 9.47 Å². The largest absolute Gasteiger partial charge is 0.496 e. The number of anilines is 1. The Morgan fingerprint density at radius 2 is 2.10 bits per heavy atom. The summed E-state index contributed by atoms with van der Waals surface area (Å²) >= 11 is 1.55. The Kier molecular flexibility index (Phi) is 4.92. The molecule has 0 saturated carbocycles. The van der Waals surface area contributed by atoms with Crippen molar-refractivity contribution in [3.05, 3.63) is 34.3 Å². The summed E-state index contributed by atoms with van der Waals surface area (Å²) in [6.07, 6.45) is 0. The SMILES string of the molecule is COCc1cc(C(C)Nc2nnc(C)s2)ccc1OC. The lowest BCUT2D eigenvalue weighted by atomic mass is 10.0. The third kappa shape index (κ3) is 3.46. The third-order valence-electron chi connectivity index (χ3n) is 2.97. The van der Waals surface area contributed by atoms with E-state index in [1.807, 2.05) is 19.1 Å². The minimum Gasteiger partial charge on any atom is -0.496 e. The molecular formula is C14H19N3O2S. The fourth-order valence-corrected chi connectivity index (χ4v) is 2.64. The molecule has 20 heavy (non-hydrogen) atoms. The fraction of sp³-hybridized carbons (Fsp3) is 0.429. The molecule has 1 atom stereocenters. The molecule has 0 bridgehead atoms. The second-order valence-corrected chi connectivity index (χ2v) is 5.68. The number of aryl methyl sites for hydroxylation is 1. The molecule has 0 spiro atoms. The van der Waals surface area contributed by atoms with Gasteiger partial charge in [-0.2, -0.15) is 0 Å². The quantitative estimate of drug-likeness (QED) is 0.886. The second kappa shape index (κ2) is 6.67. The third-order valence-corrected chi connectivity index (χ3v) is 3.74. The Labute approximate surface area is 123 Å². The maximum atomic E-state index is 5.33. The van der Waals surface area contributed by atoms with Gasteiger partial charge in [-0.25, -0.2) is 0 Å². The molecule has 1 N–H and O–H groups in total. The molecular weight excluding hydrogens is 274 g/mol. The van der Waals surface area contributed by atoms with E-state index >= 15 is 0 Å². The number of hydrogen-bond acceptors (Lipinski definition) is 6. The highest BCUT2D eigenvalue weighted by atomic mass is 32.1. The first kappa shape index (κ1) is 14.7. The lowest BCUT2D eigenvalue weighted by Crippen LogP contribution is -2.07. The van der Waals surface area contributed by atoms with E-state index in [0.717, 1.165) is 27.0 Å². The molecule has 0 saturated heterocycles. The smallest absolute Gasteiger partial charge is 0.206 e. The van der Waals surface area contributed by atoms with E-state index in [-0.39, 0.29) is 6.04 Å². The van der Waals surface area contributed by atoms with Gasteiger partial charge in [0.1, 0.15) is 10.8 Å². The van der Waals surface area contributed by atoms with Crippen LogP contribution in [0.25, 0.3) is 0 Å². The zero-order valence-corrected chi connectivity index (χ0v) is 13.0. The van der Waals surface area contributed by atoms with E-state index in [0.29, 0.717) is 6.61 Å². The summed E-state index contributed by atoms with van der Waals surface area (Å²) < 4.78 is 10.5. The first-order valence-electron chi connectivity index (χ1n) is 6.36. The second-order valence-electron chi connectivity index (χ2n) is 4.50. The molecule has 5 nitrogen and oxygen atoms in total. The summed E-state index contributed by atoms with van der Waals surface area (Å²) in [5, 5.41) is 13.2. The Hall–Kier alpha value is -1.66. The summed E-state index contributed by atoms with van der Waals surface area (Å²) in [4.78, 5) is 0. The number of methoxy groups -OCH3 is 2. The van der Waals surface area contributed by atoms with Gasteiger partial charge in [0.25, 0.3) is 0 Å². The molecule has 1 aromatic heterocycles. The van der Waals surface area contributed by atoms with Crippen LogP contribution in [0.15, 0.2) is 18.2 Å². The molecule has 0 aliphatic rings. The van der Waals surface area contributed by atoms with Crippen LogP contribution in [0.5, 0.6) is 5.75 Å². The minimum absolute atomic E-state index is 0.142. The van der Waals surface area contributed by atoms with Gasteiger partial charge in [0.2, 0.25) is 5.13 Å². The number of aromatic nitrogens is 2. The Balaban J connectivity index is 2.16. The lowest BCUT2D eigenvalue weighted by Gasteiger charge is -2.16. The molecule has 0 amide bonds. The number of hydrogen-bond donors (Lipinski definition) is 1. The number of ether oxygens (including phenoxy) is 2. The highest BCUT2D eigenvalue weighted by molar-refractivity contribution is 7.15. The lowest BCUT2D eigenvalue weighted by molar-refractivity contribution is 0.181. The molecule has 0 aliphatic carbocycles. The van der Waals surface area contributed by atoms with Crippen molar-refractivity contribution in [2.75, 3.05) is 19.5 Å². The van der Waals surface area contributed by atoms with Gasteiger partial charge in [-0.05, 0) is 31.5 Å². The van der Waals surface area contributed by atoms with Gasteiger partial charge in [-0.3, -0.25) is 0 Å². The molecule has 2 aromatic rings. The zero-order chi connectivity index (χ0) is 14.5. The molecule has 0 radical (unpaired) electrons. The Bertz CT molecular complexity index is 571. The van der Waals surface area contributed by atoms with Crippen molar-refractivity contribution in [3.8, 4) is 5.75 Å². The van der Waals surface area contributed by atoms with E-state index in [1.54, 1.807) is 25.6 Å². The Morgan fingerprint density at radius 1 is 1.30 bits per heavy atom. The average molecular weight is 293 g/mol. The molecule has 0 fully saturated rings. The van der Waals surface area contributed by atoms with E-state index in [1.165, 1.54) is 0 Å². The first-order valence-corrected chi connectivity index (χ1v) is 7.18. The summed E-state index contributed by atoms with van der Waals surface area (Å²) in [5.74, 6) is 0.842. The van der Waals surface area contributed by atoms with Crippen molar-refractivity contribution in [2.45, 2.75) is 26.5 Å². The maximum Gasteiger partial charge on any atom is 0.206 e. The monoisotopic (exact) mass is 293 g/mol. The fourth-order valence-electron chi connectivity index (χ4n) is 1.96. The topological polar surface area (TPSA) is 56.3 Å². The van der Waals surface area contributed by atoms with Gasteiger partial charge in [0.05, 0.1) is 19.8 Å². The average Bonchev–Trinajstić information content (AvgIpc) is 2.84. The predicted molar refractivity (Wildman–Crippen MR) is 80.4 cm³/mol. The molecule has 1 unspecified atom stereocenters. The van der Waals surface area contributed by atoms with Gasteiger partial charge >= 0.3 is 0 Å². The van der Waals surface area contributed by atoms with Crippen LogP contribution < -0.4 is 10.1 Å². The molecule has 2 rings (SSSR count). The van der Waals surface area contributed by atoms with E-state index in [4.69, 9.17) is 9.47 Å². The van der Waals surface area contributed by atoms with Gasteiger partial charge in [-0.15, -0.1) is 10.2 Å². The highest BCUT2D eigenvalue weighted by Gasteiger charge is 2.11. The van der Waals surface area contributed by atoms with Gasteiger partial charge in [0, 0.05) is 12.7 Å². The van der Waals surface area contributed by atoms with Crippen LogP contribution in [0, 0.1) is 6.92 Å². The number of benzene rings is 1. The van der Waals surface area contributed by atoms with Crippen LogP contribution in [0.4, 0.5) is 5.13 Å². The van der Waals surface area contributed by atoms with Crippen molar-refractivity contribution in [3.63, 3.8) is 0 Å². The highest BCUT2D eigenvalue weighted by Crippen LogP contribution is 2.26. The zero-order valence-electron chi connectivity index (χ0n) is 12.1. The van der Waals surface area contributed by atoms with E-state index in [2.05, 4.69) is 28.5 Å². The minimum atomic E-state index is 0.142. The molecule has 1 heterocycles. The summed E-state index contributed by atoms with van der Waals surface area (Å²) in [7, 11) is 3.34. The molecule has 108 valence electrons. The first-order chi connectivity index (χ1) is 9.63. The van der Waals surface area contributed by atoms with Crippen LogP contribution in [0.3, 0.4) is 0 Å².